The van der Waals surface area contributed by atoms with E-state index in [1.165, 1.54) is 13.2 Å². The van der Waals surface area contributed by atoms with Gasteiger partial charge in [0.05, 0.1) is 12.1 Å². The average Bonchev–Trinajstić information content (AvgIpc) is 2.14. The van der Waals surface area contributed by atoms with Crippen molar-refractivity contribution in [3.63, 3.8) is 0 Å². The Morgan fingerprint density at radius 1 is 1.57 bits per heavy atom. The predicted molar refractivity (Wildman–Crippen MR) is 56.2 cm³/mol. The summed E-state index contributed by atoms with van der Waals surface area (Å²) in [6.45, 7) is 0. The third kappa shape index (κ3) is 2.50. The molecule has 0 aliphatic heterocycles. The van der Waals surface area contributed by atoms with Crippen molar-refractivity contribution in [1.29, 1.82) is 0 Å². The normalized spacial score (nSPS) is 10.4. The van der Waals surface area contributed by atoms with E-state index >= 15 is 0 Å². The van der Waals surface area contributed by atoms with E-state index in [1.807, 2.05) is 0 Å². The third-order valence-corrected chi connectivity index (χ3v) is 1.93. The average molecular weight is 212 g/mol. The fourth-order valence-corrected chi connectivity index (χ4v) is 1.30. The van der Waals surface area contributed by atoms with Gasteiger partial charge in [-0.2, -0.15) is 0 Å². The smallest absolute Gasteiger partial charge is 0.241 e. The Hall–Kier alpha value is -1.48. The number of hydrogen-bond acceptors (Lipinski definition) is 2. The van der Waals surface area contributed by atoms with Gasteiger partial charge in [-0.15, -0.1) is 0 Å². The highest BCUT2D eigenvalue weighted by Crippen LogP contribution is 2.28. The highest BCUT2D eigenvalue weighted by atomic mass is 35.5. The molecule has 0 atom stereocenters. The molecule has 1 amide bonds. The number of benzene rings is 1. The number of carbonyl (C=O) groups is 1. The first-order valence-corrected chi connectivity index (χ1v) is 4.33. The molecular formula is C10H10ClNO2. The standard InChI is InChI=1S/C10H10ClNO2/c1-14-10-7(5-6-9(12)13)3-2-4-8(10)11/h2-6H,1H3,(H2,12,13). The van der Waals surface area contributed by atoms with E-state index in [-0.39, 0.29) is 0 Å². The second-order valence-corrected chi connectivity index (χ2v) is 3.01. The van der Waals surface area contributed by atoms with Gasteiger partial charge in [0.15, 0.2) is 0 Å². The van der Waals surface area contributed by atoms with E-state index in [9.17, 15) is 4.79 Å². The SMILES string of the molecule is COc1c(Cl)cccc1C=CC(N)=O. The van der Waals surface area contributed by atoms with Crippen molar-refractivity contribution in [1.82, 2.24) is 0 Å². The zero-order valence-electron chi connectivity index (χ0n) is 7.66. The van der Waals surface area contributed by atoms with Crippen molar-refractivity contribution in [2.45, 2.75) is 0 Å². The maximum atomic E-state index is 10.5. The van der Waals surface area contributed by atoms with Crippen LogP contribution in [0, 0.1) is 0 Å². The van der Waals surface area contributed by atoms with Crippen LogP contribution in [0.15, 0.2) is 24.3 Å². The molecule has 1 rings (SSSR count). The number of methoxy groups -OCH3 is 1. The highest BCUT2D eigenvalue weighted by Gasteiger charge is 2.03. The molecule has 1 aromatic carbocycles. The van der Waals surface area contributed by atoms with E-state index in [0.717, 1.165) is 5.56 Å². The van der Waals surface area contributed by atoms with E-state index in [1.54, 1.807) is 24.3 Å². The first-order valence-electron chi connectivity index (χ1n) is 3.95. The lowest BCUT2D eigenvalue weighted by molar-refractivity contribution is -0.113. The number of rotatable bonds is 3. The van der Waals surface area contributed by atoms with Gasteiger partial charge in [-0.3, -0.25) is 4.79 Å². The quantitative estimate of drug-likeness (QED) is 0.776. The van der Waals surface area contributed by atoms with Gasteiger partial charge in [0.2, 0.25) is 5.91 Å². The molecule has 1 aromatic rings. The van der Waals surface area contributed by atoms with E-state index in [2.05, 4.69) is 0 Å². The van der Waals surface area contributed by atoms with E-state index in [0.29, 0.717) is 10.8 Å². The van der Waals surface area contributed by atoms with Crippen LogP contribution in [0.5, 0.6) is 5.75 Å². The van der Waals surface area contributed by atoms with Crippen molar-refractivity contribution in [2.24, 2.45) is 5.73 Å². The highest BCUT2D eigenvalue weighted by molar-refractivity contribution is 6.32. The molecule has 0 spiro atoms. The van der Waals surface area contributed by atoms with Crippen LogP contribution in [0.4, 0.5) is 0 Å². The number of amides is 1. The van der Waals surface area contributed by atoms with Crippen LogP contribution in [0.1, 0.15) is 5.56 Å². The molecule has 0 radical (unpaired) electrons. The topological polar surface area (TPSA) is 52.3 Å². The Balaban J connectivity index is 3.08. The van der Waals surface area contributed by atoms with Crippen molar-refractivity contribution in [3.8, 4) is 5.75 Å². The summed E-state index contributed by atoms with van der Waals surface area (Å²) in [5, 5.41) is 0.499. The van der Waals surface area contributed by atoms with E-state index < -0.39 is 5.91 Å². The van der Waals surface area contributed by atoms with Gasteiger partial charge in [-0.25, -0.2) is 0 Å². The summed E-state index contributed by atoms with van der Waals surface area (Å²) in [7, 11) is 1.52. The molecule has 14 heavy (non-hydrogen) atoms. The maximum Gasteiger partial charge on any atom is 0.241 e. The Morgan fingerprint density at radius 2 is 2.29 bits per heavy atom. The monoisotopic (exact) mass is 211 g/mol. The summed E-state index contributed by atoms with van der Waals surface area (Å²) >= 11 is 5.87. The lowest BCUT2D eigenvalue weighted by Gasteiger charge is -2.05. The van der Waals surface area contributed by atoms with E-state index in [4.69, 9.17) is 22.1 Å². The van der Waals surface area contributed by atoms with Gasteiger partial charge in [-0.1, -0.05) is 23.7 Å². The van der Waals surface area contributed by atoms with Crippen LogP contribution >= 0.6 is 11.6 Å². The molecule has 2 N–H and O–H groups in total. The summed E-state index contributed by atoms with van der Waals surface area (Å²) in [6.07, 6.45) is 2.82. The van der Waals surface area contributed by atoms with Crippen molar-refractivity contribution in [3.05, 3.63) is 34.9 Å². The van der Waals surface area contributed by atoms with Gasteiger partial charge in [-0.05, 0) is 12.1 Å². The van der Waals surface area contributed by atoms with Crippen LogP contribution in [-0.4, -0.2) is 13.0 Å². The van der Waals surface area contributed by atoms with Gasteiger partial charge in [0.25, 0.3) is 0 Å². The molecular weight excluding hydrogens is 202 g/mol. The number of primary amides is 1. The summed E-state index contributed by atoms with van der Waals surface area (Å²) in [5.74, 6) is 0.0266. The molecule has 0 bridgehead atoms. The van der Waals surface area contributed by atoms with Crippen LogP contribution in [0.2, 0.25) is 5.02 Å². The Kier molecular flexibility index (Phi) is 3.54. The van der Waals surface area contributed by atoms with Crippen LogP contribution in [0.3, 0.4) is 0 Å². The van der Waals surface area contributed by atoms with Crippen molar-refractivity contribution in [2.75, 3.05) is 7.11 Å². The molecule has 0 heterocycles. The number of para-hydroxylation sites is 1. The molecule has 0 aromatic heterocycles. The number of hydrogen-bond donors (Lipinski definition) is 1. The molecule has 3 nitrogen and oxygen atoms in total. The summed E-state index contributed by atoms with van der Waals surface area (Å²) < 4.78 is 5.07. The molecule has 0 unspecified atom stereocenters. The summed E-state index contributed by atoms with van der Waals surface area (Å²) in [6, 6.07) is 5.26. The second kappa shape index (κ2) is 4.67. The van der Waals surface area contributed by atoms with Crippen LogP contribution in [-0.2, 0) is 4.79 Å². The summed E-state index contributed by atoms with van der Waals surface area (Å²) in [4.78, 5) is 10.5. The first-order chi connectivity index (χ1) is 6.65. The first kappa shape index (κ1) is 10.6. The van der Waals surface area contributed by atoms with Crippen LogP contribution in [0.25, 0.3) is 6.08 Å². The van der Waals surface area contributed by atoms with Gasteiger partial charge in [0, 0.05) is 11.6 Å². The Morgan fingerprint density at radius 3 is 2.86 bits per heavy atom. The van der Waals surface area contributed by atoms with Gasteiger partial charge in [0.1, 0.15) is 5.75 Å². The lowest BCUT2D eigenvalue weighted by Crippen LogP contribution is -2.05. The maximum absolute atomic E-state index is 10.5. The van der Waals surface area contributed by atoms with Crippen molar-refractivity contribution >= 4 is 23.6 Å². The Labute approximate surface area is 87.1 Å². The summed E-state index contributed by atoms with van der Waals surface area (Å²) in [5.41, 5.74) is 5.69. The van der Waals surface area contributed by atoms with Gasteiger partial charge >= 0.3 is 0 Å². The third-order valence-electron chi connectivity index (χ3n) is 1.63. The van der Waals surface area contributed by atoms with Crippen LogP contribution < -0.4 is 10.5 Å². The Bertz CT molecular complexity index is 374. The number of ether oxygens (including phenoxy) is 1. The lowest BCUT2D eigenvalue weighted by atomic mass is 10.2. The predicted octanol–water partition coefficient (Wildman–Crippen LogP) is 1.85. The molecule has 0 aliphatic rings. The number of nitrogens with two attached hydrogens (primary N) is 1. The molecule has 0 fully saturated rings. The zero-order chi connectivity index (χ0) is 10.6. The minimum atomic E-state index is -0.507. The minimum absolute atomic E-state index is 0.499. The van der Waals surface area contributed by atoms with Crippen molar-refractivity contribution < 1.29 is 9.53 Å². The molecule has 74 valence electrons. The second-order valence-electron chi connectivity index (χ2n) is 2.60. The fraction of sp³-hybridized carbons (Fsp3) is 0.100. The number of halogens is 1. The molecule has 0 saturated heterocycles. The van der Waals surface area contributed by atoms with Gasteiger partial charge < -0.3 is 10.5 Å². The largest absolute Gasteiger partial charge is 0.495 e. The molecule has 0 aliphatic carbocycles. The number of carbonyl (C=O) groups excluding carboxylic acids is 1. The minimum Gasteiger partial charge on any atom is -0.495 e. The molecule has 4 heteroatoms. The zero-order valence-corrected chi connectivity index (χ0v) is 8.41. The molecule has 0 saturated carbocycles. The fourth-order valence-electron chi connectivity index (χ4n) is 1.04.